The Balaban J connectivity index is 1.76. The fraction of sp³-hybridized carbons (Fsp3) is 0.267. The lowest BCUT2D eigenvalue weighted by atomic mass is 10.0. The van der Waals surface area contributed by atoms with Crippen molar-refractivity contribution in [3.8, 4) is 34.5 Å². The minimum atomic E-state index is 0.489. The molecule has 1 heterocycles. The summed E-state index contributed by atoms with van der Waals surface area (Å²) < 4.78 is 32.8. The third kappa shape index (κ3) is 6.09. The van der Waals surface area contributed by atoms with Gasteiger partial charge in [0.05, 0.1) is 55.1 Å². The van der Waals surface area contributed by atoms with Gasteiger partial charge in [0.25, 0.3) is 0 Å². The molecular weight excluding hydrogens is 498 g/mol. The van der Waals surface area contributed by atoms with Crippen molar-refractivity contribution in [1.29, 1.82) is 0 Å². The van der Waals surface area contributed by atoms with Gasteiger partial charge in [0.15, 0.2) is 34.5 Å². The highest BCUT2D eigenvalue weighted by Gasteiger charge is 2.19. The molecule has 0 atom stereocenters. The van der Waals surface area contributed by atoms with Crippen LogP contribution in [0.5, 0.6) is 34.5 Å². The van der Waals surface area contributed by atoms with Crippen molar-refractivity contribution in [3.05, 3.63) is 71.4 Å². The predicted molar refractivity (Wildman–Crippen MR) is 149 cm³/mol. The molecular formula is C30H35N3O6+2. The maximum absolute atomic E-state index is 6.46. The molecule has 9 heteroatoms. The Morgan fingerprint density at radius 2 is 1.15 bits per heavy atom. The summed E-state index contributed by atoms with van der Waals surface area (Å²) in [6.07, 6.45) is 1.08. The molecule has 0 radical (unpaired) electrons. The molecule has 4 N–H and O–H groups in total. The fourth-order valence-corrected chi connectivity index (χ4v) is 4.53. The second-order valence-corrected chi connectivity index (χ2v) is 8.84. The first-order valence-corrected chi connectivity index (χ1v) is 12.3. The van der Waals surface area contributed by atoms with Crippen molar-refractivity contribution in [2.45, 2.75) is 12.8 Å². The van der Waals surface area contributed by atoms with E-state index >= 15 is 0 Å². The van der Waals surface area contributed by atoms with Crippen LogP contribution in [-0.2, 0) is 12.8 Å². The van der Waals surface area contributed by atoms with E-state index in [1.165, 1.54) is 0 Å². The lowest BCUT2D eigenvalue weighted by Crippen LogP contribution is -2.72. The van der Waals surface area contributed by atoms with Crippen LogP contribution in [-0.4, -0.2) is 48.5 Å². The molecule has 39 heavy (non-hydrogen) atoms. The normalized spacial score (nSPS) is 11.3. The zero-order valence-electron chi connectivity index (χ0n) is 23.1. The van der Waals surface area contributed by atoms with Crippen LogP contribution in [0.3, 0.4) is 0 Å². The van der Waals surface area contributed by atoms with E-state index in [2.05, 4.69) is 9.98 Å². The smallest absolute Gasteiger partial charge is 0.336 e. The molecule has 9 nitrogen and oxygen atoms in total. The molecule has 204 valence electrons. The zero-order valence-corrected chi connectivity index (χ0v) is 23.1. The molecule has 0 aliphatic carbocycles. The van der Waals surface area contributed by atoms with Crippen LogP contribution in [0.1, 0.15) is 16.8 Å². The Kier molecular flexibility index (Phi) is 8.60. The summed E-state index contributed by atoms with van der Waals surface area (Å²) in [5.41, 5.74) is 9.44. The van der Waals surface area contributed by atoms with Crippen molar-refractivity contribution in [2.75, 3.05) is 42.7 Å². The van der Waals surface area contributed by atoms with Crippen molar-refractivity contribution in [3.63, 3.8) is 0 Å². The largest absolute Gasteiger partial charge is 0.493 e. The molecule has 0 bridgehead atoms. The summed E-state index contributed by atoms with van der Waals surface area (Å²) in [6.45, 7) is 0. The molecule has 0 saturated carbocycles. The third-order valence-corrected chi connectivity index (χ3v) is 6.43. The van der Waals surface area contributed by atoms with Gasteiger partial charge in [-0.15, -0.1) is 0 Å². The van der Waals surface area contributed by atoms with Crippen LogP contribution < -0.4 is 44.1 Å². The maximum Gasteiger partial charge on any atom is 0.336 e. The van der Waals surface area contributed by atoms with Crippen molar-refractivity contribution < 1.29 is 38.4 Å². The standard InChI is InChI=1S/C30H33N3O6/c1-34-23-9-7-18(12-25(23)36-3)11-22-21-17-28(39-6)27(38-5)15-20(21)16-30(32-22)33-29(31)14-19-8-10-24(35-2)26(13-19)37-4/h7-10,12-13,15-17H,11,14H2,1-6H3,(H2,31,32,33)/p+2. The minimum Gasteiger partial charge on any atom is -0.493 e. The first-order chi connectivity index (χ1) is 18.9. The molecule has 1 aromatic heterocycles. The Hall–Kier alpha value is -4.66. The predicted octanol–water partition coefficient (Wildman–Crippen LogP) is 2.61. The summed E-state index contributed by atoms with van der Waals surface area (Å²) in [5.74, 6) is 5.25. The number of nitrogens with two attached hydrogens (primary N) is 1. The first kappa shape index (κ1) is 27.4. The maximum atomic E-state index is 6.46. The number of aromatic amines is 1. The number of rotatable bonds is 11. The van der Waals surface area contributed by atoms with Gasteiger partial charge in [-0.3, -0.25) is 5.73 Å². The number of nitrogens with one attached hydrogen (secondary N) is 2. The summed E-state index contributed by atoms with van der Waals surface area (Å²) in [7, 11) is 9.72. The average Bonchev–Trinajstić information content (AvgIpc) is 2.96. The minimum absolute atomic E-state index is 0.489. The zero-order chi connectivity index (χ0) is 27.9. The topological polar surface area (TPSA) is 110 Å². The van der Waals surface area contributed by atoms with E-state index in [0.717, 1.165) is 33.4 Å². The number of fused-ring (bicyclic) bond motifs is 1. The Bertz CT molecular complexity index is 1500. The van der Waals surface area contributed by atoms with Crippen LogP contribution >= 0.6 is 0 Å². The number of hydrogen-bond acceptors (Lipinski definition) is 6. The van der Waals surface area contributed by atoms with Crippen LogP contribution in [0.2, 0.25) is 0 Å². The second kappa shape index (κ2) is 12.3. The van der Waals surface area contributed by atoms with E-state index in [4.69, 9.17) is 34.2 Å². The van der Waals surface area contributed by atoms with Gasteiger partial charge in [-0.2, -0.15) is 4.99 Å². The van der Waals surface area contributed by atoms with E-state index in [1.54, 1.807) is 42.7 Å². The summed E-state index contributed by atoms with van der Waals surface area (Å²) in [4.78, 5) is 6.85. The van der Waals surface area contributed by atoms with Gasteiger partial charge in [0.2, 0.25) is 0 Å². The number of benzene rings is 3. The number of hydrogen-bond donors (Lipinski definition) is 2. The van der Waals surface area contributed by atoms with E-state index in [-0.39, 0.29) is 0 Å². The van der Waals surface area contributed by atoms with E-state index in [0.29, 0.717) is 53.2 Å². The highest BCUT2D eigenvalue weighted by molar-refractivity contribution is 5.88. The number of aromatic nitrogens is 1. The SMILES string of the molecule is COc1ccc(CC(N)=[NH+]c2cc3cc(OC)c(OC)cc3c(Cc3ccc(OC)c(OC)c3)[nH+]2)cc1OC. The van der Waals surface area contributed by atoms with E-state index in [1.807, 2.05) is 54.6 Å². The Morgan fingerprint density at radius 1 is 0.641 bits per heavy atom. The van der Waals surface area contributed by atoms with Crippen molar-refractivity contribution in [1.82, 2.24) is 0 Å². The van der Waals surface area contributed by atoms with Gasteiger partial charge in [-0.05, 0) is 47.5 Å². The highest BCUT2D eigenvalue weighted by atomic mass is 16.5. The average molecular weight is 534 g/mol. The molecule has 4 rings (SSSR count). The van der Waals surface area contributed by atoms with Gasteiger partial charge >= 0.3 is 11.7 Å². The second-order valence-electron chi connectivity index (χ2n) is 8.84. The molecule has 0 aliphatic heterocycles. The molecule has 0 aliphatic rings. The van der Waals surface area contributed by atoms with Crippen LogP contribution in [0.4, 0.5) is 5.82 Å². The quantitative estimate of drug-likeness (QED) is 0.225. The molecule has 3 aromatic carbocycles. The van der Waals surface area contributed by atoms with Gasteiger partial charge in [-0.1, -0.05) is 12.1 Å². The molecule has 0 saturated heterocycles. The van der Waals surface area contributed by atoms with Gasteiger partial charge in [0, 0.05) is 17.2 Å². The third-order valence-electron chi connectivity index (χ3n) is 6.43. The van der Waals surface area contributed by atoms with Gasteiger partial charge < -0.3 is 28.4 Å². The highest BCUT2D eigenvalue weighted by Crippen LogP contribution is 2.34. The fourth-order valence-electron chi connectivity index (χ4n) is 4.53. The molecule has 0 amide bonds. The summed E-state index contributed by atoms with van der Waals surface area (Å²) in [5, 5.41) is 1.95. The first-order valence-electron chi connectivity index (χ1n) is 12.3. The molecule has 0 fully saturated rings. The molecule has 4 aromatic rings. The Morgan fingerprint density at radius 3 is 1.74 bits per heavy atom. The van der Waals surface area contributed by atoms with Crippen molar-refractivity contribution in [2.24, 2.45) is 5.73 Å². The number of ether oxygens (including phenoxy) is 6. The Labute approximate surface area is 228 Å². The number of amidine groups is 1. The molecule has 0 unspecified atom stereocenters. The lowest BCUT2D eigenvalue weighted by molar-refractivity contribution is -0.520. The summed E-state index contributed by atoms with van der Waals surface area (Å²) >= 11 is 0. The molecule has 0 spiro atoms. The van der Waals surface area contributed by atoms with Gasteiger partial charge in [-0.25, -0.2) is 4.98 Å². The van der Waals surface area contributed by atoms with Gasteiger partial charge in [0.1, 0.15) is 5.69 Å². The number of methoxy groups -OCH3 is 6. The van der Waals surface area contributed by atoms with Crippen molar-refractivity contribution >= 4 is 22.4 Å². The van der Waals surface area contributed by atoms with Crippen LogP contribution in [0, 0.1) is 0 Å². The lowest BCUT2D eigenvalue weighted by Gasteiger charge is -2.12. The summed E-state index contributed by atoms with van der Waals surface area (Å²) in [6, 6.07) is 17.5. The van der Waals surface area contributed by atoms with Crippen LogP contribution in [0.15, 0.2) is 54.6 Å². The number of H-pyrrole nitrogens is 1. The monoisotopic (exact) mass is 533 g/mol. The van der Waals surface area contributed by atoms with Crippen LogP contribution in [0.25, 0.3) is 10.8 Å². The van der Waals surface area contributed by atoms with E-state index in [9.17, 15) is 0 Å². The number of pyridine rings is 1. The van der Waals surface area contributed by atoms with E-state index < -0.39 is 0 Å².